The Kier molecular flexibility index (Phi) is 3.04. The van der Waals surface area contributed by atoms with Crippen LogP contribution in [-0.2, 0) is 0 Å². The lowest BCUT2D eigenvalue weighted by Gasteiger charge is -2.54. The van der Waals surface area contributed by atoms with Gasteiger partial charge in [0.25, 0.3) is 0 Å². The van der Waals surface area contributed by atoms with Gasteiger partial charge < -0.3 is 0 Å². The fraction of sp³-hybridized carbons (Fsp3) is 0.857. The molecule has 3 rings (SSSR count). The summed E-state index contributed by atoms with van der Waals surface area (Å²) in [6.45, 7) is 0. The van der Waals surface area contributed by atoms with Gasteiger partial charge in [-0.25, -0.2) is 0 Å². The van der Waals surface area contributed by atoms with Gasteiger partial charge in [0.05, 0.1) is 12.1 Å². The van der Waals surface area contributed by atoms with E-state index in [1.807, 2.05) is 11.8 Å². The van der Waals surface area contributed by atoms with Crippen molar-refractivity contribution in [3.63, 3.8) is 0 Å². The maximum absolute atomic E-state index is 9.64. The summed E-state index contributed by atoms with van der Waals surface area (Å²) in [5.74, 6) is 0. The fourth-order valence-electron chi connectivity index (χ4n) is 3.84. The molecule has 4 atom stereocenters. The predicted molar refractivity (Wildman–Crippen MR) is 71.9 cm³/mol. The maximum atomic E-state index is 9.64. The zero-order valence-corrected chi connectivity index (χ0v) is 11.4. The summed E-state index contributed by atoms with van der Waals surface area (Å²) < 4.78 is 0. The highest BCUT2D eigenvalue weighted by Crippen LogP contribution is 2.50. The third kappa shape index (κ3) is 1.67. The molecular formula is C14H19N3S. The Morgan fingerprint density at radius 1 is 0.889 bits per heavy atom. The molecule has 3 fully saturated rings. The number of nitrogens with one attached hydrogen (secondary N) is 1. The second-order valence-electron chi connectivity index (χ2n) is 5.90. The molecule has 1 heterocycles. The lowest BCUT2D eigenvalue weighted by Crippen LogP contribution is -2.70. The molecule has 1 N–H and O–H groups in total. The molecule has 4 heteroatoms. The molecule has 3 nitrogen and oxygen atoms in total. The predicted octanol–water partition coefficient (Wildman–Crippen LogP) is 2.73. The van der Waals surface area contributed by atoms with E-state index in [2.05, 4.69) is 17.5 Å². The second kappa shape index (κ2) is 4.44. The molecule has 18 heavy (non-hydrogen) atoms. The highest BCUT2D eigenvalue weighted by atomic mass is 32.2. The average Bonchev–Trinajstić information content (AvgIpc) is 2.44. The van der Waals surface area contributed by atoms with Crippen LogP contribution in [0.5, 0.6) is 0 Å². The molecule has 2 saturated carbocycles. The summed E-state index contributed by atoms with van der Waals surface area (Å²) in [4.78, 5) is 0. The molecule has 0 bridgehead atoms. The van der Waals surface area contributed by atoms with Crippen LogP contribution in [0.25, 0.3) is 0 Å². The molecule has 0 aromatic heterocycles. The van der Waals surface area contributed by atoms with Gasteiger partial charge in [0.1, 0.15) is 11.1 Å². The first-order valence-electron chi connectivity index (χ1n) is 7.02. The molecular weight excluding hydrogens is 242 g/mol. The number of thioether (sulfide) groups is 1. The van der Waals surface area contributed by atoms with Crippen molar-refractivity contribution in [3.8, 4) is 12.1 Å². The minimum Gasteiger partial charge on any atom is -0.280 e. The molecule has 0 aromatic carbocycles. The quantitative estimate of drug-likeness (QED) is 0.728. The van der Waals surface area contributed by atoms with E-state index in [1.54, 1.807) is 0 Å². The molecule has 0 aromatic rings. The van der Waals surface area contributed by atoms with Gasteiger partial charge in [-0.15, -0.1) is 11.8 Å². The maximum Gasteiger partial charge on any atom is 0.119 e. The Labute approximate surface area is 113 Å². The van der Waals surface area contributed by atoms with Crippen LogP contribution in [0.3, 0.4) is 0 Å². The van der Waals surface area contributed by atoms with Crippen molar-refractivity contribution in [1.29, 1.82) is 10.5 Å². The van der Waals surface area contributed by atoms with Gasteiger partial charge in [0, 0.05) is 10.5 Å². The molecule has 1 aliphatic heterocycles. The number of nitriles is 2. The van der Waals surface area contributed by atoms with E-state index < -0.39 is 11.1 Å². The van der Waals surface area contributed by atoms with Crippen LogP contribution in [0.4, 0.5) is 0 Å². The molecule has 0 amide bonds. The third-order valence-corrected chi connectivity index (χ3v) is 6.78. The van der Waals surface area contributed by atoms with E-state index in [0.29, 0.717) is 10.5 Å². The van der Waals surface area contributed by atoms with E-state index in [-0.39, 0.29) is 0 Å². The molecule has 0 spiro atoms. The number of hydrogen-bond acceptors (Lipinski definition) is 4. The van der Waals surface area contributed by atoms with Crippen LogP contribution in [0, 0.1) is 22.7 Å². The zero-order chi connectivity index (χ0) is 12.6. The topological polar surface area (TPSA) is 59.6 Å². The van der Waals surface area contributed by atoms with Crippen LogP contribution < -0.4 is 5.32 Å². The highest BCUT2D eigenvalue weighted by molar-refractivity contribution is 8.00. The van der Waals surface area contributed by atoms with Crippen LogP contribution in [0.15, 0.2) is 0 Å². The van der Waals surface area contributed by atoms with Crippen LogP contribution >= 0.6 is 11.8 Å². The number of hydrogen-bond donors (Lipinski definition) is 1. The first-order chi connectivity index (χ1) is 8.75. The summed E-state index contributed by atoms with van der Waals surface area (Å²) in [5, 5.41) is 23.6. The second-order valence-corrected chi connectivity index (χ2v) is 7.31. The molecule has 0 radical (unpaired) electrons. The van der Waals surface area contributed by atoms with Crippen molar-refractivity contribution in [2.75, 3.05) is 0 Å². The number of fused-ring (bicyclic) bond motifs is 2. The standard InChI is InChI=1S/C14H19N3S/c15-9-13-7-3-1-5-11(13)18-12-6-2-4-8-14(12,10-16)17-13/h11-12,17H,1-8H2/t11-,12-,13+,14+/m1/s1. The van der Waals surface area contributed by atoms with Gasteiger partial charge in [0.15, 0.2) is 0 Å². The normalized spacial score (nSPS) is 47.2. The summed E-state index contributed by atoms with van der Waals surface area (Å²) in [7, 11) is 0. The van der Waals surface area contributed by atoms with Crippen LogP contribution in [0.1, 0.15) is 51.4 Å². The largest absolute Gasteiger partial charge is 0.280 e. The Morgan fingerprint density at radius 3 is 1.83 bits per heavy atom. The molecule has 96 valence electrons. The molecule has 0 unspecified atom stereocenters. The van der Waals surface area contributed by atoms with E-state index in [0.717, 1.165) is 38.5 Å². The first-order valence-corrected chi connectivity index (χ1v) is 7.96. The Bertz CT molecular complexity index is 386. The monoisotopic (exact) mass is 261 g/mol. The summed E-state index contributed by atoms with van der Waals surface area (Å²) in [6, 6.07) is 5.06. The lowest BCUT2D eigenvalue weighted by atomic mass is 9.75. The number of rotatable bonds is 0. The summed E-state index contributed by atoms with van der Waals surface area (Å²) >= 11 is 1.94. The van der Waals surface area contributed by atoms with Crippen molar-refractivity contribution in [2.24, 2.45) is 0 Å². The van der Waals surface area contributed by atoms with Gasteiger partial charge in [-0.3, -0.25) is 5.32 Å². The van der Waals surface area contributed by atoms with Gasteiger partial charge in [-0.1, -0.05) is 25.7 Å². The van der Waals surface area contributed by atoms with Crippen molar-refractivity contribution in [2.45, 2.75) is 72.9 Å². The van der Waals surface area contributed by atoms with Crippen LogP contribution in [0.2, 0.25) is 0 Å². The third-order valence-electron chi connectivity index (χ3n) is 4.85. The first kappa shape index (κ1) is 12.3. The van der Waals surface area contributed by atoms with Gasteiger partial charge in [-0.2, -0.15) is 10.5 Å². The van der Waals surface area contributed by atoms with E-state index in [4.69, 9.17) is 0 Å². The van der Waals surface area contributed by atoms with Crippen molar-refractivity contribution in [1.82, 2.24) is 5.32 Å². The van der Waals surface area contributed by atoms with Gasteiger partial charge >= 0.3 is 0 Å². The smallest absolute Gasteiger partial charge is 0.119 e. The zero-order valence-electron chi connectivity index (χ0n) is 10.6. The van der Waals surface area contributed by atoms with Crippen molar-refractivity contribution < 1.29 is 0 Å². The molecule has 2 aliphatic carbocycles. The lowest BCUT2D eigenvalue weighted by molar-refractivity contribution is 0.190. The van der Waals surface area contributed by atoms with Crippen LogP contribution in [-0.4, -0.2) is 21.6 Å². The van der Waals surface area contributed by atoms with Crippen molar-refractivity contribution in [3.05, 3.63) is 0 Å². The van der Waals surface area contributed by atoms with Gasteiger partial charge in [-0.05, 0) is 25.7 Å². The van der Waals surface area contributed by atoms with Crippen molar-refractivity contribution >= 4 is 11.8 Å². The van der Waals surface area contributed by atoms with E-state index in [1.165, 1.54) is 12.8 Å². The van der Waals surface area contributed by atoms with E-state index in [9.17, 15) is 10.5 Å². The average molecular weight is 261 g/mol. The Hall–Kier alpha value is -0.710. The minimum atomic E-state index is -0.438. The SMILES string of the molecule is N#C[C@@]12CCCC[C@H]1S[C@@H]1CCCC[C@@]1(C#N)N2. The molecule has 3 aliphatic rings. The number of nitrogens with zero attached hydrogens (tertiary/aromatic N) is 2. The summed E-state index contributed by atoms with van der Waals surface area (Å²) in [6.07, 6.45) is 8.78. The molecule has 1 saturated heterocycles. The minimum absolute atomic E-state index is 0.390. The van der Waals surface area contributed by atoms with E-state index >= 15 is 0 Å². The van der Waals surface area contributed by atoms with Gasteiger partial charge in [0.2, 0.25) is 0 Å². The summed E-state index contributed by atoms with van der Waals surface area (Å²) in [5.41, 5.74) is -0.876. The Morgan fingerprint density at radius 2 is 1.39 bits per heavy atom. The fourth-order valence-corrected chi connectivity index (χ4v) is 5.77. The highest BCUT2D eigenvalue weighted by Gasteiger charge is 2.56. The Balaban J connectivity index is 1.95.